The van der Waals surface area contributed by atoms with Crippen molar-refractivity contribution < 1.29 is 9.53 Å². The van der Waals surface area contributed by atoms with Gasteiger partial charge in [0.25, 0.3) is 0 Å². The van der Waals surface area contributed by atoms with Crippen molar-refractivity contribution in [3.8, 4) is 5.75 Å². The molecule has 0 aliphatic carbocycles. The first-order valence-corrected chi connectivity index (χ1v) is 6.17. The van der Waals surface area contributed by atoms with Crippen LogP contribution in [-0.4, -0.2) is 12.5 Å². The lowest BCUT2D eigenvalue weighted by Crippen LogP contribution is -2.11. The van der Waals surface area contributed by atoms with E-state index in [0.717, 1.165) is 17.7 Å². The molecule has 2 N–H and O–H groups in total. The van der Waals surface area contributed by atoms with Crippen LogP contribution in [0.25, 0.3) is 0 Å². The van der Waals surface area contributed by atoms with Crippen molar-refractivity contribution in [3.05, 3.63) is 29.3 Å². The van der Waals surface area contributed by atoms with E-state index in [2.05, 4.69) is 6.92 Å². The molecule has 0 aromatic heterocycles. The van der Waals surface area contributed by atoms with Crippen molar-refractivity contribution in [1.82, 2.24) is 0 Å². The highest BCUT2D eigenvalue weighted by Gasteiger charge is 2.04. The van der Waals surface area contributed by atoms with Crippen LogP contribution in [-0.2, 0) is 0 Å². The smallest absolute Gasteiger partial charge is 0.248 e. The standard InChI is InChI=1S/C14H21NO2/c1-3-4-5-6-7-17-13-9-11(2)8-12(10-13)14(15)16/h8-10H,3-7H2,1-2H3,(H2,15,16). The van der Waals surface area contributed by atoms with Gasteiger partial charge in [0, 0.05) is 5.56 Å². The second-order valence-electron chi connectivity index (χ2n) is 4.31. The largest absolute Gasteiger partial charge is 0.494 e. The van der Waals surface area contributed by atoms with E-state index < -0.39 is 5.91 Å². The Hall–Kier alpha value is -1.51. The van der Waals surface area contributed by atoms with Crippen LogP contribution in [0.15, 0.2) is 18.2 Å². The van der Waals surface area contributed by atoms with Gasteiger partial charge in [0.2, 0.25) is 5.91 Å². The minimum Gasteiger partial charge on any atom is -0.494 e. The van der Waals surface area contributed by atoms with Crippen LogP contribution < -0.4 is 10.5 Å². The summed E-state index contributed by atoms with van der Waals surface area (Å²) in [6.07, 6.45) is 4.69. The highest BCUT2D eigenvalue weighted by molar-refractivity contribution is 5.93. The van der Waals surface area contributed by atoms with Gasteiger partial charge < -0.3 is 10.5 Å². The molecule has 1 rings (SSSR count). The summed E-state index contributed by atoms with van der Waals surface area (Å²) in [7, 11) is 0. The van der Waals surface area contributed by atoms with Gasteiger partial charge in [-0.05, 0) is 37.1 Å². The first-order chi connectivity index (χ1) is 8.13. The molecule has 1 aromatic carbocycles. The van der Waals surface area contributed by atoms with Crippen LogP contribution in [0.2, 0.25) is 0 Å². The summed E-state index contributed by atoms with van der Waals surface area (Å²) in [6.45, 7) is 4.80. The Morgan fingerprint density at radius 1 is 1.24 bits per heavy atom. The van der Waals surface area contributed by atoms with Gasteiger partial charge in [0.05, 0.1) is 6.61 Å². The van der Waals surface area contributed by atoms with Gasteiger partial charge in [-0.3, -0.25) is 4.79 Å². The van der Waals surface area contributed by atoms with Gasteiger partial charge in [-0.2, -0.15) is 0 Å². The number of rotatable bonds is 7. The van der Waals surface area contributed by atoms with Crippen LogP contribution >= 0.6 is 0 Å². The lowest BCUT2D eigenvalue weighted by atomic mass is 10.1. The molecule has 0 fully saturated rings. The Labute approximate surface area is 103 Å². The Kier molecular flexibility index (Phi) is 5.53. The molecule has 0 aliphatic heterocycles. The van der Waals surface area contributed by atoms with Gasteiger partial charge >= 0.3 is 0 Å². The SMILES string of the molecule is CCCCCCOc1cc(C)cc(C(N)=O)c1. The quantitative estimate of drug-likeness (QED) is 0.738. The van der Waals surface area contributed by atoms with Gasteiger partial charge in [0.1, 0.15) is 5.75 Å². The third-order valence-corrected chi connectivity index (χ3v) is 2.60. The van der Waals surface area contributed by atoms with E-state index in [9.17, 15) is 4.79 Å². The number of amides is 1. The number of primary amides is 1. The Morgan fingerprint density at radius 2 is 2.00 bits per heavy atom. The minimum absolute atomic E-state index is 0.412. The molecule has 0 spiro atoms. The van der Waals surface area contributed by atoms with E-state index in [1.807, 2.05) is 13.0 Å². The highest BCUT2D eigenvalue weighted by Crippen LogP contribution is 2.17. The summed E-state index contributed by atoms with van der Waals surface area (Å²) in [5.74, 6) is 0.319. The molecule has 0 atom stereocenters. The molecule has 0 saturated heterocycles. The normalized spacial score (nSPS) is 10.2. The lowest BCUT2D eigenvalue weighted by Gasteiger charge is -2.08. The van der Waals surface area contributed by atoms with Crippen LogP contribution in [0.4, 0.5) is 0 Å². The van der Waals surface area contributed by atoms with E-state index in [-0.39, 0.29) is 0 Å². The zero-order valence-electron chi connectivity index (χ0n) is 10.7. The van der Waals surface area contributed by atoms with Gasteiger partial charge in [-0.1, -0.05) is 26.2 Å². The summed E-state index contributed by atoms with van der Waals surface area (Å²) in [5.41, 5.74) is 6.75. The van der Waals surface area contributed by atoms with Crippen molar-refractivity contribution in [3.63, 3.8) is 0 Å². The van der Waals surface area contributed by atoms with Crippen molar-refractivity contribution >= 4 is 5.91 Å². The van der Waals surface area contributed by atoms with E-state index in [4.69, 9.17) is 10.5 Å². The zero-order valence-corrected chi connectivity index (χ0v) is 10.7. The molecule has 0 unspecified atom stereocenters. The summed E-state index contributed by atoms with van der Waals surface area (Å²) in [4.78, 5) is 11.1. The molecule has 94 valence electrons. The van der Waals surface area contributed by atoms with Crippen molar-refractivity contribution in [2.45, 2.75) is 39.5 Å². The molecular weight excluding hydrogens is 214 g/mol. The third-order valence-electron chi connectivity index (χ3n) is 2.60. The molecule has 0 bridgehead atoms. The van der Waals surface area contributed by atoms with E-state index in [1.54, 1.807) is 12.1 Å². The molecule has 3 nitrogen and oxygen atoms in total. The number of unbranched alkanes of at least 4 members (excludes halogenated alkanes) is 3. The fourth-order valence-corrected chi connectivity index (χ4v) is 1.69. The average molecular weight is 235 g/mol. The second kappa shape index (κ2) is 6.94. The van der Waals surface area contributed by atoms with E-state index in [0.29, 0.717) is 12.2 Å². The van der Waals surface area contributed by atoms with Gasteiger partial charge in [0.15, 0.2) is 0 Å². The molecule has 1 amide bonds. The number of carbonyl (C=O) groups is 1. The number of benzene rings is 1. The Morgan fingerprint density at radius 3 is 2.65 bits per heavy atom. The van der Waals surface area contributed by atoms with Crippen molar-refractivity contribution in [2.75, 3.05) is 6.61 Å². The van der Waals surface area contributed by atoms with Gasteiger partial charge in [-0.15, -0.1) is 0 Å². The zero-order chi connectivity index (χ0) is 12.7. The van der Waals surface area contributed by atoms with E-state index in [1.165, 1.54) is 19.3 Å². The average Bonchev–Trinajstić information content (AvgIpc) is 2.28. The molecular formula is C14H21NO2. The monoisotopic (exact) mass is 235 g/mol. The fourth-order valence-electron chi connectivity index (χ4n) is 1.69. The maximum atomic E-state index is 11.1. The first-order valence-electron chi connectivity index (χ1n) is 6.17. The number of aryl methyl sites for hydroxylation is 1. The lowest BCUT2D eigenvalue weighted by molar-refractivity contribution is 0.0999. The van der Waals surface area contributed by atoms with Crippen LogP contribution in [0, 0.1) is 6.92 Å². The Balaban J connectivity index is 2.50. The van der Waals surface area contributed by atoms with Crippen LogP contribution in [0.5, 0.6) is 5.75 Å². The van der Waals surface area contributed by atoms with E-state index >= 15 is 0 Å². The highest BCUT2D eigenvalue weighted by atomic mass is 16.5. The molecule has 0 saturated carbocycles. The van der Waals surface area contributed by atoms with Crippen LogP contribution in [0.3, 0.4) is 0 Å². The molecule has 0 heterocycles. The summed E-state index contributed by atoms with van der Waals surface area (Å²) in [5, 5.41) is 0. The number of hydrogen-bond donors (Lipinski definition) is 1. The molecule has 0 radical (unpaired) electrons. The minimum atomic E-state index is -0.412. The summed E-state index contributed by atoms with van der Waals surface area (Å²) >= 11 is 0. The topological polar surface area (TPSA) is 52.3 Å². The van der Waals surface area contributed by atoms with Crippen molar-refractivity contribution in [2.24, 2.45) is 5.73 Å². The molecule has 17 heavy (non-hydrogen) atoms. The molecule has 0 aliphatic rings. The second-order valence-corrected chi connectivity index (χ2v) is 4.31. The number of ether oxygens (including phenoxy) is 1. The maximum absolute atomic E-state index is 11.1. The number of nitrogens with two attached hydrogens (primary N) is 1. The van der Waals surface area contributed by atoms with Crippen molar-refractivity contribution in [1.29, 1.82) is 0 Å². The predicted molar refractivity (Wildman–Crippen MR) is 69.3 cm³/mol. The number of hydrogen-bond acceptors (Lipinski definition) is 2. The first kappa shape index (κ1) is 13.6. The summed E-state index contributed by atoms with van der Waals surface area (Å²) < 4.78 is 5.62. The van der Waals surface area contributed by atoms with Gasteiger partial charge in [-0.25, -0.2) is 0 Å². The third kappa shape index (κ3) is 4.89. The number of carbonyl (C=O) groups excluding carboxylic acids is 1. The Bertz CT molecular complexity index is 374. The fraction of sp³-hybridized carbons (Fsp3) is 0.500. The van der Waals surface area contributed by atoms with Crippen LogP contribution in [0.1, 0.15) is 48.5 Å². The predicted octanol–water partition coefficient (Wildman–Crippen LogP) is 3.05. The molecule has 1 aromatic rings. The maximum Gasteiger partial charge on any atom is 0.248 e. The summed E-state index contributed by atoms with van der Waals surface area (Å²) in [6, 6.07) is 5.40. The molecule has 3 heteroatoms.